The molecule has 2 aromatic carbocycles. The summed E-state index contributed by atoms with van der Waals surface area (Å²) in [5.41, 5.74) is 8.20. The molecule has 0 radical (unpaired) electrons. The lowest BCUT2D eigenvalue weighted by atomic mass is 10.1. The fourth-order valence-electron chi connectivity index (χ4n) is 2.76. The van der Waals surface area contributed by atoms with Crippen LogP contribution in [-0.2, 0) is 6.54 Å². The number of anilines is 1. The lowest BCUT2D eigenvalue weighted by Crippen LogP contribution is -2.23. The van der Waals surface area contributed by atoms with Crippen molar-refractivity contribution in [3.8, 4) is 5.69 Å². The normalized spacial score (nSPS) is 10.9. The van der Waals surface area contributed by atoms with Gasteiger partial charge in [0.25, 0.3) is 5.91 Å². The number of fused-ring (bicyclic) bond motifs is 1. The van der Waals surface area contributed by atoms with E-state index in [0.717, 1.165) is 0 Å². The number of nitrogens with two attached hydrogens (primary N) is 1. The summed E-state index contributed by atoms with van der Waals surface area (Å²) in [4.78, 5) is 20.6. The van der Waals surface area contributed by atoms with Crippen molar-refractivity contribution in [1.82, 2.24) is 25.1 Å². The molecule has 4 rings (SSSR count). The zero-order valence-electron chi connectivity index (χ0n) is 14.1. The molecule has 0 saturated carbocycles. The molecule has 0 unspecified atom stereocenters. The standard InChI is InChI=1S/C19H15FN6O/c20-14-5-1-3-12(7-14)9-22-19(27)13-4-2-6-15(8-13)26-18-16(10-25-26)17(21)23-11-24-18/h1-8,10-11H,9H2,(H,22,27)(H2,21,23,24). The third kappa shape index (κ3) is 3.32. The van der Waals surface area contributed by atoms with Crippen LogP contribution in [0.4, 0.5) is 10.2 Å². The quantitative estimate of drug-likeness (QED) is 0.581. The first-order valence-corrected chi connectivity index (χ1v) is 8.19. The minimum absolute atomic E-state index is 0.231. The third-order valence-electron chi connectivity index (χ3n) is 4.09. The second-order valence-corrected chi connectivity index (χ2v) is 5.92. The van der Waals surface area contributed by atoms with Gasteiger partial charge in [0.2, 0.25) is 0 Å². The summed E-state index contributed by atoms with van der Waals surface area (Å²) >= 11 is 0. The van der Waals surface area contributed by atoms with Crippen LogP contribution >= 0.6 is 0 Å². The molecule has 0 saturated heterocycles. The second-order valence-electron chi connectivity index (χ2n) is 5.92. The zero-order valence-corrected chi connectivity index (χ0v) is 14.1. The summed E-state index contributed by atoms with van der Waals surface area (Å²) in [6, 6.07) is 13.1. The summed E-state index contributed by atoms with van der Waals surface area (Å²) in [6.45, 7) is 0.231. The van der Waals surface area contributed by atoms with Crippen molar-refractivity contribution in [2.45, 2.75) is 6.54 Å². The first-order valence-electron chi connectivity index (χ1n) is 8.19. The van der Waals surface area contributed by atoms with Crippen LogP contribution in [0.15, 0.2) is 61.1 Å². The number of nitrogen functional groups attached to an aromatic ring is 1. The van der Waals surface area contributed by atoms with E-state index in [4.69, 9.17) is 5.73 Å². The summed E-state index contributed by atoms with van der Waals surface area (Å²) in [5.74, 6) is -0.266. The van der Waals surface area contributed by atoms with Crippen molar-refractivity contribution in [3.63, 3.8) is 0 Å². The number of benzene rings is 2. The van der Waals surface area contributed by atoms with Crippen molar-refractivity contribution >= 4 is 22.8 Å². The van der Waals surface area contributed by atoms with Crippen LogP contribution < -0.4 is 11.1 Å². The number of hydrogen-bond donors (Lipinski definition) is 2. The van der Waals surface area contributed by atoms with Gasteiger partial charge >= 0.3 is 0 Å². The van der Waals surface area contributed by atoms with Gasteiger partial charge in [0.1, 0.15) is 18.0 Å². The molecule has 0 spiro atoms. The van der Waals surface area contributed by atoms with E-state index >= 15 is 0 Å². The molecular weight excluding hydrogens is 347 g/mol. The monoisotopic (exact) mass is 362 g/mol. The SMILES string of the molecule is Nc1ncnc2c1cnn2-c1cccc(C(=O)NCc2cccc(F)c2)c1. The summed E-state index contributed by atoms with van der Waals surface area (Å²) in [7, 11) is 0. The summed E-state index contributed by atoms with van der Waals surface area (Å²) in [6.07, 6.45) is 2.95. The van der Waals surface area contributed by atoms with Crippen LogP contribution in [0.2, 0.25) is 0 Å². The van der Waals surface area contributed by atoms with Gasteiger partial charge in [0.15, 0.2) is 5.65 Å². The highest BCUT2D eigenvalue weighted by Crippen LogP contribution is 2.20. The predicted octanol–water partition coefficient (Wildman–Crippen LogP) is 2.47. The molecule has 2 aromatic heterocycles. The molecule has 7 nitrogen and oxygen atoms in total. The van der Waals surface area contributed by atoms with Gasteiger partial charge in [-0.05, 0) is 35.9 Å². The smallest absolute Gasteiger partial charge is 0.251 e. The first kappa shape index (κ1) is 16.6. The van der Waals surface area contributed by atoms with Gasteiger partial charge in [-0.25, -0.2) is 19.0 Å². The van der Waals surface area contributed by atoms with Crippen LogP contribution in [0, 0.1) is 5.82 Å². The Morgan fingerprint density at radius 1 is 1.15 bits per heavy atom. The Labute approximate surface area is 153 Å². The third-order valence-corrected chi connectivity index (χ3v) is 4.09. The number of amides is 1. The maximum Gasteiger partial charge on any atom is 0.251 e. The van der Waals surface area contributed by atoms with E-state index in [1.807, 2.05) is 6.07 Å². The van der Waals surface area contributed by atoms with Gasteiger partial charge in [0, 0.05) is 12.1 Å². The minimum Gasteiger partial charge on any atom is -0.383 e. The average Bonchev–Trinajstić information content (AvgIpc) is 3.12. The molecular formula is C19H15FN6O. The van der Waals surface area contributed by atoms with E-state index in [1.54, 1.807) is 41.2 Å². The maximum atomic E-state index is 13.2. The summed E-state index contributed by atoms with van der Waals surface area (Å²) in [5, 5.41) is 7.71. The topological polar surface area (TPSA) is 98.7 Å². The molecule has 27 heavy (non-hydrogen) atoms. The van der Waals surface area contributed by atoms with Gasteiger partial charge in [-0.1, -0.05) is 18.2 Å². The van der Waals surface area contributed by atoms with Crippen molar-refractivity contribution in [1.29, 1.82) is 0 Å². The molecule has 0 aliphatic rings. The van der Waals surface area contributed by atoms with Crippen molar-refractivity contribution in [2.75, 3.05) is 5.73 Å². The molecule has 3 N–H and O–H groups in total. The van der Waals surface area contributed by atoms with Gasteiger partial charge in [-0.2, -0.15) is 5.10 Å². The molecule has 8 heteroatoms. The number of nitrogens with one attached hydrogen (secondary N) is 1. The number of halogens is 1. The minimum atomic E-state index is -0.337. The molecule has 0 bridgehead atoms. The Morgan fingerprint density at radius 2 is 2.00 bits per heavy atom. The van der Waals surface area contributed by atoms with E-state index in [-0.39, 0.29) is 18.3 Å². The van der Waals surface area contributed by atoms with Crippen LogP contribution in [0.3, 0.4) is 0 Å². The highest BCUT2D eigenvalue weighted by Gasteiger charge is 2.12. The Morgan fingerprint density at radius 3 is 2.85 bits per heavy atom. The fraction of sp³-hybridized carbons (Fsp3) is 0.0526. The Kier molecular flexibility index (Phi) is 4.21. The highest BCUT2D eigenvalue weighted by atomic mass is 19.1. The van der Waals surface area contributed by atoms with Crippen LogP contribution in [0.1, 0.15) is 15.9 Å². The van der Waals surface area contributed by atoms with Gasteiger partial charge < -0.3 is 11.1 Å². The van der Waals surface area contributed by atoms with Gasteiger partial charge in [0.05, 0.1) is 17.3 Å². The van der Waals surface area contributed by atoms with E-state index in [1.165, 1.54) is 18.5 Å². The largest absolute Gasteiger partial charge is 0.383 e. The molecule has 0 fully saturated rings. The van der Waals surface area contributed by atoms with Crippen LogP contribution in [-0.4, -0.2) is 25.7 Å². The van der Waals surface area contributed by atoms with Gasteiger partial charge in [-0.15, -0.1) is 0 Å². The first-order chi connectivity index (χ1) is 13.1. The second kappa shape index (κ2) is 6.83. The molecule has 2 heterocycles. The molecule has 1 amide bonds. The summed E-state index contributed by atoms with van der Waals surface area (Å²) < 4.78 is 14.8. The highest BCUT2D eigenvalue weighted by molar-refractivity contribution is 5.95. The lowest BCUT2D eigenvalue weighted by Gasteiger charge is -2.08. The van der Waals surface area contributed by atoms with Crippen LogP contribution in [0.5, 0.6) is 0 Å². The number of aromatic nitrogens is 4. The fourth-order valence-corrected chi connectivity index (χ4v) is 2.76. The molecule has 0 aliphatic carbocycles. The molecule has 0 atom stereocenters. The number of carbonyl (C=O) groups excluding carboxylic acids is 1. The molecule has 134 valence electrons. The molecule has 0 aliphatic heterocycles. The van der Waals surface area contributed by atoms with Gasteiger partial charge in [-0.3, -0.25) is 4.79 Å². The average molecular weight is 362 g/mol. The zero-order chi connectivity index (χ0) is 18.8. The van der Waals surface area contributed by atoms with E-state index in [0.29, 0.717) is 33.7 Å². The number of rotatable bonds is 4. The Hall–Kier alpha value is -3.81. The van der Waals surface area contributed by atoms with E-state index < -0.39 is 0 Å². The Balaban J connectivity index is 1.58. The Bertz CT molecular complexity index is 1140. The van der Waals surface area contributed by atoms with Crippen LogP contribution in [0.25, 0.3) is 16.7 Å². The van der Waals surface area contributed by atoms with Crippen molar-refractivity contribution < 1.29 is 9.18 Å². The molecule has 4 aromatic rings. The maximum absolute atomic E-state index is 13.2. The number of carbonyl (C=O) groups is 1. The van der Waals surface area contributed by atoms with E-state index in [9.17, 15) is 9.18 Å². The van der Waals surface area contributed by atoms with E-state index in [2.05, 4.69) is 20.4 Å². The predicted molar refractivity (Wildman–Crippen MR) is 98.6 cm³/mol. The number of hydrogen-bond acceptors (Lipinski definition) is 5. The lowest BCUT2D eigenvalue weighted by molar-refractivity contribution is 0.0951. The van der Waals surface area contributed by atoms with Crippen molar-refractivity contribution in [3.05, 3.63) is 78.0 Å². The van der Waals surface area contributed by atoms with Crippen molar-refractivity contribution in [2.24, 2.45) is 0 Å². The number of nitrogens with zero attached hydrogens (tertiary/aromatic N) is 4.